The molecule has 4 rings (SSSR count). The smallest absolute Gasteiger partial charge is 0.239 e. The monoisotopic (exact) mass is 387 g/mol. The van der Waals surface area contributed by atoms with Crippen LogP contribution in [0, 0.1) is 0 Å². The van der Waals surface area contributed by atoms with Crippen molar-refractivity contribution >= 4 is 17.3 Å². The maximum absolute atomic E-state index is 13.4. The summed E-state index contributed by atoms with van der Waals surface area (Å²) in [6, 6.07) is 23.8. The Hall–Kier alpha value is -3.27. The molecule has 0 aromatic heterocycles. The van der Waals surface area contributed by atoms with Crippen LogP contribution in [0.25, 0.3) is 0 Å². The van der Waals surface area contributed by atoms with E-state index >= 15 is 0 Å². The number of fused-ring (bicyclic) bond motifs is 1. The van der Waals surface area contributed by atoms with Crippen LogP contribution in [0.3, 0.4) is 0 Å². The van der Waals surface area contributed by atoms with Gasteiger partial charge in [-0.3, -0.25) is 9.69 Å². The zero-order valence-corrected chi connectivity index (χ0v) is 16.8. The van der Waals surface area contributed by atoms with Crippen molar-refractivity contribution in [2.75, 3.05) is 18.1 Å². The van der Waals surface area contributed by atoms with Gasteiger partial charge in [0.1, 0.15) is 0 Å². The molecule has 4 nitrogen and oxygen atoms in total. The van der Waals surface area contributed by atoms with E-state index in [-0.39, 0.29) is 11.8 Å². The van der Waals surface area contributed by atoms with E-state index in [0.717, 1.165) is 34.0 Å². The van der Waals surface area contributed by atoms with Crippen LogP contribution in [0.5, 0.6) is 11.5 Å². The molecule has 0 spiro atoms. The summed E-state index contributed by atoms with van der Waals surface area (Å²) in [4.78, 5) is 15.2. The molecule has 148 valence electrons. The first kappa shape index (κ1) is 19.1. The van der Waals surface area contributed by atoms with Gasteiger partial charge in [0, 0.05) is 5.69 Å². The second-order valence-electron chi connectivity index (χ2n) is 6.97. The lowest BCUT2D eigenvalue weighted by molar-refractivity contribution is -0.118. The van der Waals surface area contributed by atoms with Crippen molar-refractivity contribution in [1.29, 1.82) is 0 Å². The molecule has 4 heteroatoms. The highest BCUT2D eigenvalue weighted by atomic mass is 16.5. The van der Waals surface area contributed by atoms with E-state index in [4.69, 9.17) is 9.47 Å². The van der Waals surface area contributed by atoms with E-state index in [1.54, 1.807) is 0 Å². The molecule has 3 aromatic rings. The summed E-state index contributed by atoms with van der Waals surface area (Å²) in [7, 11) is 0. The van der Waals surface area contributed by atoms with Gasteiger partial charge in [-0.05, 0) is 61.7 Å². The lowest BCUT2D eigenvalue weighted by Crippen LogP contribution is -2.24. The molecule has 0 N–H and O–H groups in total. The second kappa shape index (κ2) is 8.39. The van der Waals surface area contributed by atoms with E-state index in [1.165, 1.54) is 0 Å². The summed E-state index contributed by atoms with van der Waals surface area (Å²) >= 11 is 0. The molecule has 0 unspecified atom stereocenters. The standard InChI is InChI=1S/C25H25NO3/c1-3-28-23-15-14-18(17-24(23)29-4-2)16-21-20-12-8-9-13-22(20)26(25(21)27)19-10-6-5-7-11-19/h5-15,17,21H,3-4,16H2,1-2H3/t21-/m0/s1. The average Bonchev–Trinajstić information content (AvgIpc) is 3.02. The van der Waals surface area contributed by atoms with Crippen LogP contribution in [0.4, 0.5) is 11.4 Å². The van der Waals surface area contributed by atoms with Crippen molar-refractivity contribution < 1.29 is 14.3 Å². The van der Waals surface area contributed by atoms with Gasteiger partial charge in [0.2, 0.25) is 5.91 Å². The van der Waals surface area contributed by atoms with Gasteiger partial charge in [-0.1, -0.05) is 42.5 Å². The van der Waals surface area contributed by atoms with Crippen molar-refractivity contribution in [2.24, 2.45) is 0 Å². The highest BCUT2D eigenvalue weighted by Crippen LogP contribution is 2.43. The fraction of sp³-hybridized carbons (Fsp3) is 0.240. The average molecular weight is 387 g/mol. The van der Waals surface area contributed by atoms with Gasteiger partial charge < -0.3 is 9.47 Å². The fourth-order valence-corrected chi connectivity index (χ4v) is 3.89. The van der Waals surface area contributed by atoms with Gasteiger partial charge in [-0.15, -0.1) is 0 Å². The molecule has 1 aliphatic rings. The third kappa shape index (κ3) is 3.70. The van der Waals surface area contributed by atoms with Gasteiger partial charge in [0.05, 0.1) is 24.8 Å². The molecule has 1 aliphatic heterocycles. The van der Waals surface area contributed by atoms with Crippen LogP contribution < -0.4 is 14.4 Å². The summed E-state index contributed by atoms with van der Waals surface area (Å²) in [6.45, 7) is 5.06. The molecular weight excluding hydrogens is 362 g/mol. The summed E-state index contributed by atoms with van der Waals surface area (Å²) in [5.41, 5.74) is 3.98. The number of nitrogens with zero attached hydrogens (tertiary/aromatic N) is 1. The first-order chi connectivity index (χ1) is 14.2. The molecule has 29 heavy (non-hydrogen) atoms. The number of ether oxygens (including phenoxy) is 2. The van der Waals surface area contributed by atoms with Gasteiger partial charge in [0.25, 0.3) is 0 Å². The Kier molecular flexibility index (Phi) is 5.52. The highest BCUT2D eigenvalue weighted by Gasteiger charge is 2.37. The topological polar surface area (TPSA) is 38.8 Å². The van der Waals surface area contributed by atoms with Gasteiger partial charge in [-0.25, -0.2) is 0 Å². The number of carbonyl (C=O) groups excluding carboxylic acids is 1. The van der Waals surface area contributed by atoms with E-state index in [2.05, 4.69) is 6.07 Å². The first-order valence-corrected chi connectivity index (χ1v) is 10.1. The van der Waals surface area contributed by atoms with E-state index < -0.39 is 0 Å². The molecule has 1 amide bonds. The number of para-hydroxylation sites is 2. The van der Waals surface area contributed by atoms with Crippen LogP contribution in [0.15, 0.2) is 72.8 Å². The largest absolute Gasteiger partial charge is 0.490 e. The van der Waals surface area contributed by atoms with E-state index in [0.29, 0.717) is 19.6 Å². The summed E-state index contributed by atoms with van der Waals surface area (Å²) in [6.07, 6.45) is 0.617. The normalized spacial score (nSPS) is 15.3. The van der Waals surface area contributed by atoms with Crippen molar-refractivity contribution in [1.82, 2.24) is 0 Å². The predicted molar refractivity (Wildman–Crippen MR) is 115 cm³/mol. The molecule has 0 fully saturated rings. The zero-order chi connectivity index (χ0) is 20.2. The Bertz CT molecular complexity index is 1000. The highest BCUT2D eigenvalue weighted by molar-refractivity contribution is 6.10. The number of hydrogen-bond donors (Lipinski definition) is 0. The minimum Gasteiger partial charge on any atom is -0.490 e. The minimum absolute atomic E-state index is 0.101. The molecule has 3 aromatic carbocycles. The van der Waals surface area contributed by atoms with Crippen molar-refractivity contribution in [3.05, 3.63) is 83.9 Å². The molecule has 0 saturated carbocycles. The number of benzene rings is 3. The minimum atomic E-state index is -0.223. The molecule has 0 bridgehead atoms. The van der Waals surface area contributed by atoms with Gasteiger partial charge >= 0.3 is 0 Å². The van der Waals surface area contributed by atoms with Crippen molar-refractivity contribution in [3.8, 4) is 11.5 Å². The van der Waals surface area contributed by atoms with Crippen LogP contribution >= 0.6 is 0 Å². The maximum atomic E-state index is 13.4. The van der Waals surface area contributed by atoms with Gasteiger partial charge in [0.15, 0.2) is 11.5 Å². The van der Waals surface area contributed by atoms with Crippen LogP contribution in [0.1, 0.15) is 30.9 Å². The maximum Gasteiger partial charge on any atom is 0.239 e. The first-order valence-electron chi connectivity index (χ1n) is 10.1. The predicted octanol–water partition coefficient (Wildman–Crippen LogP) is 5.49. The molecular formula is C25H25NO3. The lowest BCUT2D eigenvalue weighted by atomic mass is 9.93. The molecule has 0 radical (unpaired) electrons. The summed E-state index contributed by atoms with van der Waals surface area (Å²) < 4.78 is 11.4. The van der Waals surface area contributed by atoms with E-state index in [9.17, 15) is 4.79 Å². The second-order valence-corrected chi connectivity index (χ2v) is 6.97. The van der Waals surface area contributed by atoms with Gasteiger partial charge in [-0.2, -0.15) is 0 Å². The van der Waals surface area contributed by atoms with Crippen molar-refractivity contribution in [3.63, 3.8) is 0 Å². The Morgan fingerprint density at radius 2 is 1.52 bits per heavy atom. The summed E-state index contributed by atoms with van der Waals surface area (Å²) in [5, 5.41) is 0. The quantitative estimate of drug-likeness (QED) is 0.538. The van der Waals surface area contributed by atoms with Crippen molar-refractivity contribution in [2.45, 2.75) is 26.2 Å². The number of rotatable bonds is 7. The Balaban J connectivity index is 1.67. The Morgan fingerprint density at radius 1 is 0.828 bits per heavy atom. The molecule has 0 aliphatic carbocycles. The number of anilines is 2. The molecule has 1 heterocycles. The Morgan fingerprint density at radius 3 is 2.28 bits per heavy atom. The number of carbonyl (C=O) groups is 1. The third-order valence-corrected chi connectivity index (χ3v) is 5.13. The number of amides is 1. The number of hydrogen-bond acceptors (Lipinski definition) is 3. The molecule has 1 atom stereocenters. The fourth-order valence-electron chi connectivity index (χ4n) is 3.89. The zero-order valence-electron chi connectivity index (χ0n) is 16.8. The van der Waals surface area contributed by atoms with Crippen LogP contribution in [0.2, 0.25) is 0 Å². The SMILES string of the molecule is CCOc1ccc(C[C@@H]2C(=O)N(c3ccccc3)c3ccccc32)cc1OCC. The van der Waals surface area contributed by atoms with E-state index in [1.807, 2.05) is 85.5 Å². The van der Waals surface area contributed by atoms with Crippen LogP contribution in [-0.2, 0) is 11.2 Å². The lowest BCUT2D eigenvalue weighted by Gasteiger charge is -2.18. The summed E-state index contributed by atoms with van der Waals surface area (Å²) in [5.74, 6) is 1.34. The molecule has 0 saturated heterocycles. The Labute approximate surface area is 171 Å². The van der Waals surface area contributed by atoms with Crippen LogP contribution in [-0.4, -0.2) is 19.1 Å². The third-order valence-electron chi connectivity index (χ3n) is 5.13.